The summed E-state index contributed by atoms with van der Waals surface area (Å²) in [4.78, 5) is 21.3. The highest BCUT2D eigenvalue weighted by molar-refractivity contribution is 6.33. The first-order valence-electron chi connectivity index (χ1n) is 8.81. The predicted molar refractivity (Wildman–Crippen MR) is 103 cm³/mol. The molecule has 0 spiro atoms. The molecule has 0 amide bonds. The van der Waals surface area contributed by atoms with Crippen molar-refractivity contribution in [3.63, 3.8) is 0 Å². The normalized spacial score (nSPS) is 12.8. The van der Waals surface area contributed by atoms with Crippen molar-refractivity contribution in [3.05, 3.63) is 52.0 Å². The van der Waals surface area contributed by atoms with Gasteiger partial charge < -0.3 is 9.26 Å². The highest BCUT2D eigenvalue weighted by Crippen LogP contribution is 2.24. The number of aryl methyl sites for hydroxylation is 2. The quantitative estimate of drug-likeness (QED) is 0.604. The zero-order chi connectivity index (χ0) is 20.6. The molecule has 3 rings (SSSR count). The van der Waals surface area contributed by atoms with Crippen molar-refractivity contribution in [1.29, 1.82) is 0 Å². The van der Waals surface area contributed by atoms with E-state index in [1.54, 1.807) is 23.7 Å². The largest absolute Gasteiger partial charge is 0.448 e. The lowest BCUT2D eigenvalue weighted by atomic mass is 9.96. The fraction of sp³-hybridized carbons (Fsp3) is 0.421. The SMILES string of the molecule is Cc1cc(C)n(-c2ccc(Cl)c(C(=O)OC(C)c3nc(C(C)(C)C)no3)n2)n1. The summed E-state index contributed by atoms with van der Waals surface area (Å²) in [7, 11) is 0. The van der Waals surface area contributed by atoms with E-state index in [2.05, 4.69) is 20.2 Å². The van der Waals surface area contributed by atoms with E-state index in [-0.39, 0.29) is 22.0 Å². The Morgan fingerprint density at radius 2 is 1.96 bits per heavy atom. The van der Waals surface area contributed by atoms with Gasteiger partial charge in [-0.05, 0) is 39.0 Å². The maximum atomic E-state index is 12.6. The van der Waals surface area contributed by atoms with Crippen molar-refractivity contribution < 1.29 is 14.1 Å². The van der Waals surface area contributed by atoms with Gasteiger partial charge in [-0.25, -0.2) is 14.5 Å². The number of rotatable bonds is 4. The Morgan fingerprint density at radius 3 is 2.54 bits per heavy atom. The lowest BCUT2D eigenvalue weighted by Crippen LogP contribution is -2.15. The Kier molecular flexibility index (Phi) is 5.25. The maximum Gasteiger partial charge on any atom is 0.359 e. The van der Waals surface area contributed by atoms with Crippen LogP contribution < -0.4 is 0 Å². The van der Waals surface area contributed by atoms with Gasteiger partial charge in [0.2, 0.25) is 0 Å². The van der Waals surface area contributed by atoms with Gasteiger partial charge in [0.1, 0.15) is 0 Å². The molecule has 0 bridgehead atoms. The van der Waals surface area contributed by atoms with Crippen LogP contribution in [0.2, 0.25) is 5.02 Å². The standard InChI is InChI=1S/C19H22ClN5O3/c1-10-9-11(2)25(23-10)14-8-7-13(20)15(21-14)17(26)27-12(3)16-22-18(24-28-16)19(4,5)6/h7-9,12H,1-6H3. The van der Waals surface area contributed by atoms with Crippen LogP contribution in [0, 0.1) is 13.8 Å². The number of esters is 1. The number of carbonyl (C=O) groups is 1. The Labute approximate surface area is 167 Å². The van der Waals surface area contributed by atoms with Crippen LogP contribution in [0.4, 0.5) is 0 Å². The van der Waals surface area contributed by atoms with E-state index < -0.39 is 12.1 Å². The van der Waals surface area contributed by atoms with Crippen molar-refractivity contribution in [2.75, 3.05) is 0 Å². The molecule has 1 unspecified atom stereocenters. The van der Waals surface area contributed by atoms with E-state index in [0.29, 0.717) is 11.6 Å². The summed E-state index contributed by atoms with van der Waals surface area (Å²) in [5.41, 5.74) is 1.46. The second-order valence-corrected chi connectivity index (χ2v) is 8.00. The third-order valence-electron chi connectivity index (χ3n) is 4.00. The fourth-order valence-electron chi connectivity index (χ4n) is 2.53. The summed E-state index contributed by atoms with van der Waals surface area (Å²) in [6.07, 6.45) is -0.744. The van der Waals surface area contributed by atoms with Gasteiger partial charge in [0.05, 0.1) is 10.7 Å². The van der Waals surface area contributed by atoms with Crippen molar-refractivity contribution in [1.82, 2.24) is 24.9 Å². The summed E-state index contributed by atoms with van der Waals surface area (Å²) in [5.74, 6) is 0.538. The van der Waals surface area contributed by atoms with Crippen LogP contribution in [0.25, 0.3) is 5.82 Å². The summed E-state index contributed by atoms with van der Waals surface area (Å²) in [5, 5.41) is 8.50. The van der Waals surface area contributed by atoms with Crippen LogP contribution in [0.5, 0.6) is 0 Å². The number of hydrogen-bond donors (Lipinski definition) is 0. The molecular formula is C19H22ClN5O3. The summed E-state index contributed by atoms with van der Waals surface area (Å²) in [6.45, 7) is 11.3. The molecule has 0 aliphatic carbocycles. The molecule has 1 atom stereocenters. The molecule has 9 heteroatoms. The second kappa shape index (κ2) is 7.35. The minimum Gasteiger partial charge on any atom is -0.448 e. The molecule has 0 saturated carbocycles. The van der Waals surface area contributed by atoms with E-state index >= 15 is 0 Å². The van der Waals surface area contributed by atoms with Crippen LogP contribution in [-0.2, 0) is 10.2 Å². The van der Waals surface area contributed by atoms with Crippen molar-refractivity contribution >= 4 is 17.6 Å². The molecule has 0 radical (unpaired) electrons. The number of hydrogen-bond acceptors (Lipinski definition) is 7. The van der Waals surface area contributed by atoms with E-state index in [9.17, 15) is 4.79 Å². The molecule has 0 aliphatic heterocycles. The van der Waals surface area contributed by atoms with Gasteiger partial charge in [0.15, 0.2) is 23.4 Å². The molecular weight excluding hydrogens is 382 g/mol. The van der Waals surface area contributed by atoms with Crippen LogP contribution in [-0.4, -0.2) is 30.9 Å². The van der Waals surface area contributed by atoms with E-state index in [1.807, 2.05) is 40.7 Å². The third kappa shape index (κ3) is 4.06. The lowest BCUT2D eigenvalue weighted by molar-refractivity contribution is 0.0258. The molecule has 0 aliphatic rings. The first kappa shape index (κ1) is 20.0. The molecule has 8 nitrogen and oxygen atoms in total. The molecule has 0 aromatic carbocycles. The van der Waals surface area contributed by atoms with Gasteiger partial charge in [-0.3, -0.25) is 0 Å². The third-order valence-corrected chi connectivity index (χ3v) is 4.30. The van der Waals surface area contributed by atoms with E-state index in [1.165, 1.54) is 0 Å². The Hall–Kier alpha value is -2.74. The van der Waals surface area contributed by atoms with E-state index in [0.717, 1.165) is 11.4 Å². The monoisotopic (exact) mass is 403 g/mol. The van der Waals surface area contributed by atoms with Crippen LogP contribution in [0.3, 0.4) is 0 Å². The summed E-state index contributed by atoms with van der Waals surface area (Å²) in [6, 6.07) is 5.19. The van der Waals surface area contributed by atoms with E-state index in [4.69, 9.17) is 20.9 Å². The van der Waals surface area contributed by atoms with Gasteiger partial charge in [0.25, 0.3) is 5.89 Å². The number of halogens is 1. The van der Waals surface area contributed by atoms with Gasteiger partial charge in [0, 0.05) is 11.1 Å². The molecule has 28 heavy (non-hydrogen) atoms. The van der Waals surface area contributed by atoms with Crippen LogP contribution in [0.1, 0.15) is 67.4 Å². The molecule has 0 N–H and O–H groups in total. The molecule has 3 heterocycles. The first-order valence-corrected chi connectivity index (χ1v) is 9.19. The molecule has 148 valence electrons. The molecule has 0 fully saturated rings. The van der Waals surface area contributed by atoms with Gasteiger partial charge in [-0.2, -0.15) is 10.1 Å². The molecule has 3 aromatic rings. The number of pyridine rings is 1. The Balaban J connectivity index is 1.83. The molecule has 0 saturated heterocycles. The van der Waals surface area contributed by atoms with Crippen molar-refractivity contribution in [3.8, 4) is 5.82 Å². The number of aromatic nitrogens is 5. The minimum atomic E-state index is -0.744. The van der Waals surface area contributed by atoms with Gasteiger partial charge >= 0.3 is 5.97 Å². The van der Waals surface area contributed by atoms with Gasteiger partial charge in [-0.1, -0.05) is 37.5 Å². The maximum absolute atomic E-state index is 12.6. The number of nitrogens with zero attached hydrogens (tertiary/aromatic N) is 5. The number of ether oxygens (including phenoxy) is 1. The Morgan fingerprint density at radius 1 is 1.25 bits per heavy atom. The smallest absolute Gasteiger partial charge is 0.359 e. The lowest BCUT2D eigenvalue weighted by Gasteiger charge is -2.12. The Bertz CT molecular complexity index is 1020. The predicted octanol–water partition coefficient (Wildman–Crippen LogP) is 4.14. The highest BCUT2D eigenvalue weighted by atomic mass is 35.5. The van der Waals surface area contributed by atoms with Crippen molar-refractivity contribution in [2.24, 2.45) is 0 Å². The van der Waals surface area contributed by atoms with Crippen molar-refractivity contribution in [2.45, 2.75) is 53.1 Å². The zero-order valence-electron chi connectivity index (χ0n) is 16.6. The topological polar surface area (TPSA) is 95.9 Å². The highest BCUT2D eigenvalue weighted by Gasteiger charge is 2.26. The first-order chi connectivity index (χ1) is 13.1. The summed E-state index contributed by atoms with van der Waals surface area (Å²) >= 11 is 6.17. The van der Waals surface area contributed by atoms with Crippen LogP contribution >= 0.6 is 11.6 Å². The second-order valence-electron chi connectivity index (χ2n) is 7.59. The fourth-order valence-corrected chi connectivity index (χ4v) is 2.71. The summed E-state index contributed by atoms with van der Waals surface area (Å²) < 4.78 is 12.3. The average Bonchev–Trinajstić information content (AvgIpc) is 3.22. The number of carbonyl (C=O) groups excluding carboxylic acids is 1. The molecule has 3 aromatic heterocycles. The van der Waals surface area contributed by atoms with Gasteiger partial charge in [-0.15, -0.1) is 0 Å². The van der Waals surface area contributed by atoms with Crippen LogP contribution in [0.15, 0.2) is 22.7 Å². The zero-order valence-corrected chi connectivity index (χ0v) is 17.4. The minimum absolute atomic E-state index is 0.00544. The average molecular weight is 404 g/mol.